The standard InChI is InChI=1S/C17H17FN2O2/c1-11(8-12-2-4-13(18)5-3-12)19-14-6-7-15-16(9-14)22-10-17(21)20-15/h2-7,9,11,19H,8,10H2,1H3,(H,20,21)/t11-/m0/s1. The molecule has 3 rings (SSSR count). The SMILES string of the molecule is C[C@@H](Cc1ccc(F)cc1)Nc1ccc2c(c1)OCC(=O)N2. The van der Waals surface area contributed by atoms with E-state index in [4.69, 9.17) is 4.74 Å². The van der Waals surface area contributed by atoms with Gasteiger partial charge in [0.05, 0.1) is 5.69 Å². The summed E-state index contributed by atoms with van der Waals surface area (Å²) in [7, 11) is 0. The van der Waals surface area contributed by atoms with E-state index in [-0.39, 0.29) is 24.4 Å². The number of halogens is 1. The molecule has 0 fully saturated rings. The number of benzene rings is 2. The van der Waals surface area contributed by atoms with Crippen molar-refractivity contribution in [2.45, 2.75) is 19.4 Å². The predicted molar refractivity (Wildman–Crippen MR) is 83.8 cm³/mol. The van der Waals surface area contributed by atoms with Crippen molar-refractivity contribution in [2.24, 2.45) is 0 Å². The van der Waals surface area contributed by atoms with Gasteiger partial charge in [-0.25, -0.2) is 4.39 Å². The van der Waals surface area contributed by atoms with Crippen molar-refractivity contribution in [1.82, 2.24) is 0 Å². The fraction of sp³-hybridized carbons (Fsp3) is 0.235. The van der Waals surface area contributed by atoms with E-state index in [0.29, 0.717) is 11.4 Å². The summed E-state index contributed by atoms with van der Waals surface area (Å²) in [6, 6.07) is 12.3. The molecule has 0 radical (unpaired) electrons. The summed E-state index contributed by atoms with van der Waals surface area (Å²) in [5.41, 5.74) is 2.68. The van der Waals surface area contributed by atoms with Gasteiger partial charge >= 0.3 is 0 Å². The zero-order valence-corrected chi connectivity index (χ0v) is 12.2. The van der Waals surface area contributed by atoms with E-state index >= 15 is 0 Å². The van der Waals surface area contributed by atoms with Crippen LogP contribution in [0.2, 0.25) is 0 Å². The number of hydrogen-bond donors (Lipinski definition) is 2. The van der Waals surface area contributed by atoms with E-state index in [1.54, 1.807) is 12.1 Å². The van der Waals surface area contributed by atoms with Crippen LogP contribution in [-0.2, 0) is 11.2 Å². The van der Waals surface area contributed by atoms with Crippen LogP contribution in [-0.4, -0.2) is 18.6 Å². The summed E-state index contributed by atoms with van der Waals surface area (Å²) in [5.74, 6) is 0.301. The monoisotopic (exact) mass is 300 g/mol. The molecular formula is C17H17FN2O2. The first-order valence-corrected chi connectivity index (χ1v) is 7.18. The third-order valence-corrected chi connectivity index (χ3v) is 3.48. The van der Waals surface area contributed by atoms with Crippen LogP contribution in [0.25, 0.3) is 0 Å². The van der Waals surface area contributed by atoms with Crippen LogP contribution in [0.3, 0.4) is 0 Å². The van der Waals surface area contributed by atoms with Crippen LogP contribution in [0.1, 0.15) is 12.5 Å². The summed E-state index contributed by atoms with van der Waals surface area (Å²) in [4.78, 5) is 11.2. The number of nitrogens with one attached hydrogen (secondary N) is 2. The van der Waals surface area contributed by atoms with Gasteiger partial charge in [-0.05, 0) is 43.2 Å². The van der Waals surface area contributed by atoms with Crippen molar-refractivity contribution in [2.75, 3.05) is 17.2 Å². The molecular weight excluding hydrogens is 283 g/mol. The Morgan fingerprint density at radius 1 is 1.27 bits per heavy atom. The van der Waals surface area contributed by atoms with Crippen LogP contribution >= 0.6 is 0 Å². The Bertz CT molecular complexity index is 686. The number of amides is 1. The van der Waals surface area contributed by atoms with E-state index in [2.05, 4.69) is 17.6 Å². The van der Waals surface area contributed by atoms with Gasteiger partial charge in [-0.2, -0.15) is 0 Å². The van der Waals surface area contributed by atoms with Gasteiger partial charge in [-0.15, -0.1) is 0 Å². The largest absolute Gasteiger partial charge is 0.482 e. The fourth-order valence-electron chi connectivity index (χ4n) is 2.47. The Morgan fingerprint density at radius 3 is 2.82 bits per heavy atom. The number of rotatable bonds is 4. The zero-order valence-electron chi connectivity index (χ0n) is 12.2. The van der Waals surface area contributed by atoms with Crippen molar-refractivity contribution < 1.29 is 13.9 Å². The Balaban J connectivity index is 1.65. The molecule has 5 heteroatoms. The summed E-state index contributed by atoms with van der Waals surface area (Å²) >= 11 is 0. The molecule has 4 nitrogen and oxygen atoms in total. The molecule has 2 aromatic carbocycles. The first kappa shape index (κ1) is 14.4. The Morgan fingerprint density at radius 2 is 2.05 bits per heavy atom. The molecule has 0 saturated carbocycles. The van der Waals surface area contributed by atoms with Crippen LogP contribution in [0.15, 0.2) is 42.5 Å². The lowest BCUT2D eigenvalue weighted by Gasteiger charge is -2.20. The van der Waals surface area contributed by atoms with Gasteiger partial charge in [0.2, 0.25) is 0 Å². The first-order chi connectivity index (χ1) is 10.6. The molecule has 0 aliphatic carbocycles. The summed E-state index contributed by atoms with van der Waals surface area (Å²) in [6.07, 6.45) is 0.787. The van der Waals surface area contributed by atoms with Gasteiger partial charge in [-0.3, -0.25) is 4.79 Å². The number of hydrogen-bond acceptors (Lipinski definition) is 3. The van der Waals surface area contributed by atoms with Crippen molar-refractivity contribution in [3.63, 3.8) is 0 Å². The second-order valence-corrected chi connectivity index (χ2v) is 5.42. The number of anilines is 2. The molecule has 1 aliphatic heterocycles. The van der Waals surface area contributed by atoms with Gasteiger partial charge < -0.3 is 15.4 Å². The maximum Gasteiger partial charge on any atom is 0.262 e. The molecule has 0 bridgehead atoms. The molecule has 22 heavy (non-hydrogen) atoms. The smallest absolute Gasteiger partial charge is 0.262 e. The van der Waals surface area contributed by atoms with Crippen LogP contribution in [0, 0.1) is 5.82 Å². The number of carbonyl (C=O) groups is 1. The van der Waals surface area contributed by atoms with Crippen molar-refractivity contribution in [1.29, 1.82) is 0 Å². The van der Waals surface area contributed by atoms with E-state index in [9.17, 15) is 9.18 Å². The molecule has 0 spiro atoms. The minimum absolute atomic E-state index is 0.0432. The molecule has 1 amide bonds. The van der Waals surface area contributed by atoms with Gasteiger partial charge in [0.1, 0.15) is 11.6 Å². The number of fused-ring (bicyclic) bond motifs is 1. The quantitative estimate of drug-likeness (QED) is 0.911. The fourth-order valence-corrected chi connectivity index (χ4v) is 2.47. The summed E-state index contributed by atoms with van der Waals surface area (Å²) < 4.78 is 18.3. The second kappa shape index (κ2) is 6.05. The molecule has 1 atom stereocenters. The minimum atomic E-state index is -0.224. The summed E-state index contributed by atoms with van der Waals surface area (Å²) in [5, 5.41) is 6.14. The zero-order chi connectivity index (χ0) is 15.5. The Hall–Kier alpha value is -2.56. The van der Waals surface area contributed by atoms with E-state index in [1.165, 1.54) is 12.1 Å². The lowest BCUT2D eigenvalue weighted by atomic mass is 10.1. The number of ether oxygens (including phenoxy) is 1. The third kappa shape index (κ3) is 3.36. The normalized spacial score (nSPS) is 14.5. The second-order valence-electron chi connectivity index (χ2n) is 5.42. The molecule has 2 aromatic rings. The van der Waals surface area contributed by atoms with Crippen LogP contribution in [0.4, 0.5) is 15.8 Å². The average Bonchev–Trinajstić information content (AvgIpc) is 2.50. The van der Waals surface area contributed by atoms with Gasteiger partial charge in [0.25, 0.3) is 5.91 Å². The lowest BCUT2D eigenvalue weighted by molar-refractivity contribution is -0.118. The molecule has 0 saturated heterocycles. The third-order valence-electron chi connectivity index (χ3n) is 3.48. The van der Waals surface area contributed by atoms with Crippen LogP contribution < -0.4 is 15.4 Å². The highest BCUT2D eigenvalue weighted by atomic mass is 19.1. The van der Waals surface area contributed by atoms with E-state index < -0.39 is 0 Å². The number of carbonyl (C=O) groups excluding carboxylic acids is 1. The minimum Gasteiger partial charge on any atom is -0.482 e. The molecule has 114 valence electrons. The molecule has 2 N–H and O–H groups in total. The van der Waals surface area contributed by atoms with Gasteiger partial charge in [-0.1, -0.05) is 12.1 Å². The molecule has 0 unspecified atom stereocenters. The Labute approximate surface area is 128 Å². The van der Waals surface area contributed by atoms with Gasteiger partial charge in [0.15, 0.2) is 6.61 Å². The van der Waals surface area contributed by atoms with E-state index in [1.807, 2.05) is 18.2 Å². The van der Waals surface area contributed by atoms with Crippen molar-refractivity contribution in [3.05, 3.63) is 53.8 Å². The Kier molecular flexibility index (Phi) is 3.96. The van der Waals surface area contributed by atoms with Crippen molar-refractivity contribution >= 4 is 17.3 Å². The predicted octanol–water partition coefficient (Wildman–Crippen LogP) is 3.20. The highest BCUT2D eigenvalue weighted by Gasteiger charge is 2.16. The maximum absolute atomic E-state index is 12.9. The van der Waals surface area contributed by atoms with Gasteiger partial charge in [0, 0.05) is 17.8 Å². The molecule has 1 aliphatic rings. The highest BCUT2D eigenvalue weighted by molar-refractivity contribution is 5.95. The first-order valence-electron chi connectivity index (χ1n) is 7.18. The lowest BCUT2D eigenvalue weighted by Crippen LogP contribution is -2.25. The highest BCUT2D eigenvalue weighted by Crippen LogP contribution is 2.30. The topological polar surface area (TPSA) is 50.4 Å². The van der Waals surface area contributed by atoms with Crippen LogP contribution in [0.5, 0.6) is 5.75 Å². The molecule has 1 heterocycles. The maximum atomic E-state index is 12.9. The molecule has 0 aromatic heterocycles. The van der Waals surface area contributed by atoms with Crippen molar-refractivity contribution in [3.8, 4) is 5.75 Å². The summed E-state index contributed by atoms with van der Waals surface area (Å²) in [6.45, 7) is 2.10. The average molecular weight is 300 g/mol. The van der Waals surface area contributed by atoms with E-state index in [0.717, 1.165) is 17.7 Å².